The number of aryl methyl sites for hydroxylation is 1. The van der Waals surface area contributed by atoms with E-state index in [0.717, 1.165) is 29.8 Å². The summed E-state index contributed by atoms with van der Waals surface area (Å²) in [4.78, 5) is 17.5. The molecular formula is C21H19F3N2O2. The maximum atomic E-state index is 13.3. The van der Waals surface area contributed by atoms with Gasteiger partial charge in [-0.15, -0.1) is 0 Å². The lowest BCUT2D eigenvalue weighted by Crippen LogP contribution is -2.76. The maximum absolute atomic E-state index is 13.3. The van der Waals surface area contributed by atoms with Gasteiger partial charge in [0.25, 0.3) is 0 Å². The van der Waals surface area contributed by atoms with Crippen molar-refractivity contribution in [1.82, 2.24) is 4.98 Å². The number of pyridine rings is 1. The molecule has 2 aromatic rings. The van der Waals surface area contributed by atoms with Gasteiger partial charge in [-0.25, -0.2) is 0 Å². The molecule has 2 aliphatic carbocycles. The Kier molecular flexibility index (Phi) is 3.25. The van der Waals surface area contributed by atoms with Crippen molar-refractivity contribution in [3.05, 3.63) is 59.4 Å². The summed E-state index contributed by atoms with van der Waals surface area (Å²) in [6.45, 7) is 3.87. The summed E-state index contributed by atoms with van der Waals surface area (Å²) in [6.07, 6.45) is -1.25. The van der Waals surface area contributed by atoms with Crippen LogP contribution in [-0.4, -0.2) is 22.1 Å². The Labute approximate surface area is 160 Å². The van der Waals surface area contributed by atoms with Crippen LogP contribution in [0.4, 0.5) is 18.9 Å². The predicted octanol–water partition coefficient (Wildman–Crippen LogP) is 4.45. The number of benzene rings is 1. The third-order valence-electron chi connectivity index (χ3n) is 6.76. The Balaban J connectivity index is 1.47. The van der Waals surface area contributed by atoms with Gasteiger partial charge >= 0.3 is 6.18 Å². The van der Waals surface area contributed by atoms with Gasteiger partial charge < -0.3 is 10.1 Å². The molecule has 4 aliphatic rings. The van der Waals surface area contributed by atoms with Crippen LogP contribution in [0, 0.1) is 12.3 Å². The molecule has 1 amide bonds. The minimum absolute atomic E-state index is 0.0903. The standard InChI is InChI=1S/C21H19F3N2O2/c1-3-18-11-19(28-18)16(13-7-8-25-12(2)9-13)20(18,19)17(27)26-15-6-4-5-14(10-15)21(22,23)24/h4-10,16H,3,11H2,1-2H3,(H,26,27)/t16-,18-,19?,20+/m0/s1. The van der Waals surface area contributed by atoms with E-state index in [0.29, 0.717) is 6.42 Å². The molecule has 28 heavy (non-hydrogen) atoms. The molecular weight excluding hydrogens is 369 g/mol. The third-order valence-corrected chi connectivity index (χ3v) is 6.76. The predicted molar refractivity (Wildman–Crippen MR) is 95.7 cm³/mol. The van der Waals surface area contributed by atoms with Crippen LogP contribution in [0.3, 0.4) is 0 Å². The first-order valence-electron chi connectivity index (χ1n) is 9.32. The molecule has 1 spiro atoms. The first-order chi connectivity index (χ1) is 13.2. The number of aromatic nitrogens is 1. The molecule has 1 unspecified atom stereocenters. The number of hydrogen-bond donors (Lipinski definition) is 1. The van der Waals surface area contributed by atoms with E-state index in [-0.39, 0.29) is 17.5 Å². The average molecular weight is 388 g/mol. The number of anilines is 1. The van der Waals surface area contributed by atoms with Crippen molar-refractivity contribution < 1.29 is 22.7 Å². The Morgan fingerprint density at radius 3 is 2.71 bits per heavy atom. The topological polar surface area (TPSA) is 51.2 Å². The molecule has 1 aromatic carbocycles. The number of alkyl halides is 3. The molecule has 2 aliphatic heterocycles. The number of carbonyl (C=O) groups excluding carboxylic acids is 1. The molecule has 4 fully saturated rings. The van der Waals surface area contributed by atoms with E-state index in [1.165, 1.54) is 12.1 Å². The van der Waals surface area contributed by atoms with Crippen LogP contribution in [0.25, 0.3) is 0 Å². The largest absolute Gasteiger partial charge is 0.416 e. The van der Waals surface area contributed by atoms with Crippen molar-refractivity contribution in [1.29, 1.82) is 0 Å². The Morgan fingerprint density at radius 2 is 2.07 bits per heavy atom. The Hall–Kier alpha value is -2.41. The molecule has 3 heterocycles. The highest BCUT2D eigenvalue weighted by Gasteiger charge is 3.06. The van der Waals surface area contributed by atoms with Crippen LogP contribution in [0.5, 0.6) is 0 Å². The summed E-state index contributed by atoms with van der Waals surface area (Å²) in [6, 6.07) is 8.60. The number of halogens is 3. The Morgan fingerprint density at radius 1 is 1.32 bits per heavy atom. The smallest absolute Gasteiger partial charge is 0.365 e. The first kappa shape index (κ1) is 17.7. The zero-order valence-electron chi connectivity index (χ0n) is 15.4. The monoisotopic (exact) mass is 388 g/mol. The fraction of sp³-hybridized carbons (Fsp3) is 0.429. The van der Waals surface area contributed by atoms with E-state index in [1.807, 2.05) is 26.0 Å². The zero-order chi connectivity index (χ0) is 19.9. The van der Waals surface area contributed by atoms with Crippen LogP contribution >= 0.6 is 0 Å². The first-order valence-corrected chi connectivity index (χ1v) is 9.32. The van der Waals surface area contributed by atoms with Crippen molar-refractivity contribution >= 4 is 11.6 Å². The van der Waals surface area contributed by atoms with Gasteiger partial charge in [0.05, 0.1) is 16.8 Å². The molecule has 2 bridgehead atoms. The highest BCUT2D eigenvalue weighted by Crippen LogP contribution is 2.96. The number of carbonyl (C=O) groups is 1. The summed E-state index contributed by atoms with van der Waals surface area (Å²) in [7, 11) is 0. The normalized spacial score (nSPS) is 34.7. The molecule has 7 heteroatoms. The lowest BCUT2D eigenvalue weighted by Gasteiger charge is -2.65. The lowest BCUT2D eigenvalue weighted by molar-refractivity contribution is -0.359. The van der Waals surface area contributed by atoms with Gasteiger partial charge in [-0.3, -0.25) is 9.78 Å². The minimum atomic E-state index is -4.46. The lowest BCUT2D eigenvalue weighted by atomic mass is 9.58. The van der Waals surface area contributed by atoms with Crippen LogP contribution in [0.2, 0.25) is 0 Å². The van der Waals surface area contributed by atoms with E-state index in [2.05, 4.69) is 10.3 Å². The van der Waals surface area contributed by atoms with Gasteiger partial charge in [-0.1, -0.05) is 13.0 Å². The maximum Gasteiger partial charge on any atom is 0.416 e. The second-order valence-corrected chi connectivity index (χ2v) is 8.02. The fourth-order valence-electron chi connectivity index (χ4n) is 5.64. The highest BCUT2D eigenvalue weighted by atomic mass is 19.4. The van der Waals surface area contributed by atoms with Crippen molar-refractivity contribution in [3.8, 4) is 0 Å². The van der Waals surface area contributed by atoms with E-state index in [4.69, 9.17) is 4.74 Å². The van der Waals surface area contributed by atoms with Crippen LogP contribution in [0.1, 0.15) is 42.5 Å². The number of hydrogen-bond acceptors (Lipinski definition) is 3. The van der Waals surface area contributed by atoms with Crippen LogP contribution < -0.4 is 5.32 Å². The van der Waals surface area contributed by atoms with E-state index in [1.54, 1.807) is 6.20 Å². The summed E-state index contributed by atoms with van der Waals surface area (Å²) in [5, 5.41) is 2.73. The highest BCUT2D eigenvalue weighted by molar-refractivity contribution is 6.05. The van der Waals surface area contributed by atoms with Crippen LogP contribution in [-0.2, 0) is 15.7 Å². The molecule has 4 nitrogen and oxygen atoms in total. The van der Waals surface area contributed by atoms with Gasteiger partial charge in [0.15, 0.2) is 0 Å². The van der Waals surface area contributed by atoms with E-state index < -0.39 is 28.4 Å². The van der Waals surface area contributed by atoms with Gasteiger partial charge in [-0.05, 0) is 49.2 Å². The summed E-state index contributed by atoms with van der Waals surface area (Å²) >= 11 is 0. The molecule has 4 atom stereocenters. The van der Waals surface area contributed by atoms with E-state index >= 15 is 0 Å². The number of rotatable bonds is 4. The summed E-state index contributed by atoms with van der Waals surface area (Å²) < 4.78 is 45.1. The van der Waals surface area contributed by atoms with Crippen molar-refractivity contribution in [2.45, 2.75) is 50.0 Å². The number of ether oxygens (including phenoxy) is 1. The van der Waals surface area contributed by atoms with Crippen molar-refractivity contribution in [3.63, 3.8) is 0 Å². The Bertz CT molecular complexity index is 997. The molecule has 1 N–H and O–H groups in total. The zero-order valence-corrected chi connectivity index (χ0v) is 15.4. The fourth-order valence-corrected chi connectivity index (χ4v) is 5.64. The molecule has 2 saturated heterocycles. The van der Waals surface area contributed by atoms with E-state index in [9.17, 15) is 18.0 Å². The molecule has 1 aromatic heterocycles. The second-order valence-electron chi connectivity index (χ2n) is 8.02. The van der Waals surface area contributed by atoms with Gasteiger partial charge in [-0.2, -0.15) is 13.2 Å². The van der Waals surface area contributed by atoms with Crippen molar-refractivity contribution in [2.24, 2.45) is 5.41 Å². The van der Waals surface area contributed by atoms with Gasteiger partial charge in [0.1, 0.15) is 5.41 Å². The quantitative estimate of drug-likeness (QED) is 0.842. The number of amides is 1. The SMILES string of the molecule is CC[C@@]12CC3(O1)[C@H](c1ccnc(C)c1)[C@]32C(=O)Nc1cccc(C(F)(F)F)c1. The van der Waals surface area contributed by atoms with Crippen molar-refractivity contribution in [2.75, 3.05) is 5.32 Å². The van der Waals surface area contributed by atoms with Gasteiger partial charge in [0, 0.05) is 29.9 Å². The molecule has 6 rings (SSSR count). The number of nitrogens with zero attached hydrogens (tertiary/aromatic N) is 1. The minimum Gasteiger partial charge on any atom is -0.365 e. The average Bonchev–Trinajstić information content (AvgIpc) is 3.03. The molecule has 2 saturated carbocycles. The summed E-state index contributed by atoms with van der Waals surface area (Å²) in [5.74, 6) is -0.349. The third kappa shape index (κ3) is 1.85. The van der Waals surface area contributed by atoms with Crippen LogP contribution in [0.15, 0.2) is 42.6 Å². The summed E-state index contributed by atoms with van der Waals surface area (Å²) in [5.41, 5.74) is -0.538. The number of nitrogens with one attached hydrogen (secondary N) is 1. The van der Waals surface area contributed by atoms with Gasteiger partial charge in [0.2, 0.25) is 5.91 Å². The molecule has 146 valence electrons. The molecule has 0 radical (unpaired) electrons. The second kappa shape index (κ2) is 5.14.